The van der Waals surface area contributed by atoms with Crippen molar-refractivity contribution in [1.29, 1.82) is 0 Å². The van der Waals surface area contributed by atoms with Crippen LogP contribution in [0.15, 0.2) is 54.6 Å². The summed E-state index contributed by atoms with van der Waals surface area (Å²) < 4.78 is 5.34. The van der Waals surface area contributed by atoms with E-state index in [0.717, 1.165) is 31.4 Å². The number of likely N-dealkylation sites (tertiary alicyclic amines) is 1. The van der Waals surface area contributed by atoms with Gasteiger partial charge < -0.3 is 20.3 Å². The highest BCUT2D eigenvalue weighted by Crippen LogP contribution is 2.52. The second-order valence-corrected chi connectivity index (χ2v) is 10.7. The number of anilines is 1. The minimum atomic E-state index is -0.645. The molecule has 2 aromatic rings. The molecule has 1 aliphatic heterocycles. The number of rotatable bonds is 6. The Morgan fingerprint density at radius 1 is 1.06 bits per heavy atom. The lowest BCUT2D eigenvalue weighted by atomic mass is 9.65. The van der Waals surface area contributed by atoms with E-state index < -0.39 is 12.1 Å². The first kappa shape index (κ1) is 23.1. The fourth-order valence-corrected chi connectivity index (χ4v) is 6.03. The molecule has 2 N–H and O–H groups in total. The molecule has 0 radical (unpaired) electrons. The smallest absolute Gasteiger partial charge is 0.320 e. The lowest BCUT2D eigenvalue weighted by Gasteiger charge is -2.39. The maximum absolute atomic E-state index is 13.8. The molecule has 3 unspecified atom stereocenters. The Balaban J connectivity index is 1.53. The molecule has 0 aromatic heterocycles. The molecule has 33 heavy (non-hydrogen) atoms. The van der Waals surface area contributed by atoms with E-state index in [1.807, 2.05) is 47.4 Å². The number of hydrogen-bond donors (Lipinski definition) is 2. The molecule has 2 aromatic carbocycles. The lowest BCUT2D eigenvalue weighted by molar-refractivity contribution is -0.134. The molecular formula is C27H35N3O3. The van der Waals surface area contributed by atoms with Crippen molar-refractivity contribution < 1.29 is 14.3 Å². The zero-order chi connectivity index (χ0) is 23.6. The summed E-state index contributed by atoms with van der Waals surface area (Å²) in [4.78, 5) is 28.8. The van der Waals surface area contributed by atoms with Crippen LogP contribution in [0.2, 0.25) is 0 Å². The normalized spacial score (nSPS) is 24.1. The van der Waals surface area contributed by atoms with Gasteiger partial charge in [-0.25, -0.2) is 4.79 Å². The molecule has 6 heteroatoms. The van der Waals surface area contributed by atoms with Gasteiger partial charge in [0.1, 0.15) is 11.8 Å². The highest BCUT2D eigenvalue weighted by atomic mass is 16.5. The molecule has 0 spiro atoms. The molecule has 2 fully saturated rings. The van der Waals surface area contributed by atoms with E-state index >= 15 is 0 Å². The van der Waals surface area contributed by atoms with Crippen molar-refractivity contribution in [3.63, 3.8) is 0 Å². The summed E-state index contributed by atoms with van der Waals surface area (Å²) in [5.74, 6) is 0.572. The van der Waals surface area contributed by atoms with Gasteiger partial charge in [-0.15, -0.1) is 0 Å². The van der Waals surface area contributed by atoms with Crippen LogP contribution in [-0.2, 0) is 11.2 Å². The largest absolute Gasteiger partial charge is 0.495 e. The summed E-state index contributed by atoms with van der Waals surface area (Å²) in [5.41, 5.74) is 1.94. The van der Waals surface area contributed by atoms with Crippen LogP contribution < -0.4 is 15.4 Å². The van der Waals surface area contributed by atoms with Crippen LogP contribution in [0.4, 0.5) is 10.5 Å². The minimum absolute atomic E-state index is 0.000421. The van der Waals surface area contributed by atoms with Crippen molar-refractivity contribution in [3.05, 3.63) is 60.2 Å². The summed E-state index contributed by atoms with van der Waals surface area (Å²) >= 11 is 0. The van der Waals surface area contributed by atoms with E-state index in [2.05, 4.69) is 31.4 Å². The molecule has 2 bridgehead atoms. The molecule has 176 valence electrons. The summed E-state index contributed by atoms with van der Waals surface area (Å²) in [7, 11) is 1.56. The van der Waals surface area contributed by atoms with Crippen LogP contribution in [0.3, 0.4) is 0 Å². The molecule has 1 saturated carbocycles. The third kappa shape index (κ3) is 5.32. The predicted octanol–water partition coefficient (Wildman–Crippen LogP) is 4.86. The second kappa shape index (κ2) is 9.08. The fourth-order valence-electron chi connectivity index (χ4n) is 6.03. The maximum Gasteiger partial charge on any atom is 0.320 e. The number of urea groups is 1. The summed E-state index contributed by atoms with van der Waals surface area (Å²) in [6.45, 7) is 7.64. The van der Waals surface area contributed by atoms with Crippen LogP contribution >= 0.6 is 0 Å². The second-order valence-electron chi connectivity index (χ2n) is 10.7. The molecule has 4 rings (SSSR count). The van der Waals surface area contributed by atoms with Crippen LogP contribution in [0.1, 0.15) is 45.6 Å². The molecular weight excluding hydrogens is 414 g/mol. The van der Waals surface area contributed by atoms with Crippen molar-refractivity contribution >= 4 is 17.6 Å². The average Bonchev–Trinajstić information content (AvgIpc) is 3.02. The van der Waals surface area contributed by atoms with Gasteiger partial charge >= 0.3 is 6.03 Å². The van der Waals surface area contributed by atoms with Gasteiger partial charge in [-0.3, -0.25) is 4.79 Å². The van der Waals surface area contributed by atoms with E-state index in [9.17, 15) is 9.59 Å². The summed E-state index contributed by atoms with van der Waals surface area (Å²) in [6.07, 6.45) is 3.60. The Bertz CT molecular complexity index is 1010. The number of fused-ring (bicyclic) bond motifs is 2. The third-order valence-corrected chi connectivity index (χ3v) is 6.94. The van der Waals surface area contributed by atoms with Gasteiger partial charge in [0, 0.05) is 19.0 Å². The fraction of sp³-hybridized carbons (Fsp3) is 0.481. The van der Waals surface area contributed by atoms with E-state index in [1.54, 1.807) is 19.2 Å². The Hall–Kier alpha value is -3.02. The van der Waals surface area contributed by atoms with E-state index in [0.29, 0.717) is 17.9 Å². The van der Waals surface area contributed by atoms with E-state index in [4.69, 9.17) is 4.74 Å². The third-order valence-electron chi connectivity index (χ3n) is 6.94. The molecule has 3 atom stereocenters. The Labute approximate surface area is 196 Å². The molecule has 3 amide bonds. The molecule has 1 aliphatic carbocycles. The van der Waals surface area contributed by atoms with Crippen molar-refractivity contribution in [2.24, 2.45) is 10.8 Å². The van der Waals surface area contributed by atoms with Crippen molar-refractivity contribution in [1.82, 2.24) is 10.2 Å². The number of methoxy groups -OCH3 is 1. The van der Waals surface area contributed by atoms with Crippen LogP contribution in [-0.4, -0.2) is 42.6 Å². The number of nitrogens with one attached hydrogen (secondary N) is 2. The topological polar surface area (TPSA) is 70.7 Å². The molecule has 1 saturated heterocycles. The molecule has 6 nitrogen and oxygen atoms in total. The monoisotopic (exact) mass is 449 g/mol. The first-order valence-electron chi connectivity index (χ1n) is 11.7. The number of amides is 3. The highest BCUT2D eigenvalue weighted by Gasteiger charge is 2.51. The Morgan fingerprint density at radius 3 is 2.48 bits per heavy atom. The number of carbonyl (C=O) groups is 2. The van der Waals surface area contributed by atoms with Gasteiger partial charge in [-0.05, 0) is 47.8 Å². The first-order chi connectivity index (χ1) is 15.7. The number of benzene rings is 2. The van der Waals surface area contributed by atoms with Gasteiger partial charge in [-0.2, -0.15) is 0 Å². The van der Waals surface area contributed by atoms with Crippen molar-refractivity contribution in [2.75, 3.05) is 19.0 Å². The van der Waals surface area contributed by atoms with E-state index in [-0.39, 0.29) is 22.8 Å². The maximum atomic E-state index is 13.8. The number of hydrogen-bond acceptors (Lipinski definition) is 3. The van der Waals surface area contributed by atoms with Gasteiger partial charge in [0.15, 0.2) is 0 Å². The standard InChI is InChI=1S/C27H35N3O3/c1-26(2)15-20-16-27(3,17-26)18-30(20)24(31)22(14-19-10-6-5-7-11-19)29-25(32)28-21-12-8-9-13-23(21)33-4/h5-13,20,22H,14-18H2,1-4H3,(H2,28,29,32). The van der Waals surface area contributed by atoms with Crippen molar-refractivity contribution in [3.8, 4) is 5.75 Å². The SMILES string of the molecule is COc1ccccc1NC(=O)NC(Cc1ccccc1)C(=O)N1CC2(C)CC1CC(C)(C)C2. The summed E-state index contributed by atoms with van der Waals surface area (Å²) in [6, 6.07) is 16.3. The van der Waals surface area contributed by atoms with E-state index in [1.165, 1.54) is 0 Å². The number of para-hydroxylation sites is 2. The van der Waals surface area contributed by atoms with Crippen LogP contribution in [0.25, 0.3) is 0 Å². The zero-order valence-corrected chi connectivity index (χ0v) is 20.1. The Kier molecular flexibility index (Phi) is 6.37. The zero-order valence-electron chi connectivity index (χ0n) is 20.1. The van der Waals surface area contributed by atoms with Gasteiger partial charge in [0.05, 0.1) is 12.8 Å². The number of nitrogens with zero attached hydrogens (tertiary/aromatic N) is 1. The van der Waals surface area contributed by atoms with Gasteiger partial charge in [0.25, 0.3) is 0 Å². The number of ether oxygens (including phenoxy) is 1. The summed E-state index contributed by atoms with van der Waals surface area (Å²) in [5, 5.41) is 5.80. The van der Waals surface area contributed by atoms with Gasteiger partial charge in [0.2, 0.25) is 5.91 Å². The molecule has 1 heterocycles. The number of carbonyl (C=O) groups excluding carboxylic acids is 2. The van der Waals surface area contributed by atoms with Gasteiger partial charge in [-0.1, -0.05) is 63.2 Å². The lowest BCUT2D eigenvalue weighted by Crippen LogP contribution is -2.52. The van der Waals surface area contributed by atoms with Crippen LogP contribution in [0, 0.1) is 10.8 Å². The highest BCUT2D eigenvalue weighted by molar-refractivity contribution is 5.95. The minimum Gasteiger partial charge on any atom is -0.495 e. The quantitative estimate of drug-likeness (QED) is 0.662. The molecule has 2 aliphatic rings. The predicted molar refractivity (Wildman–Crippen MR) is 130 cm³/mol. The van der Waals surface area contributed by atoms with Crippen LogP contribution in [0.5, 0.6) is 5.75 Å². The van der Waals surface area contributed by atoms with Crippen molar-refractivity contribution in [2.45, 2.75) is 58.5 Å². The first-order valence-corrected chi connectivity index (χ1v) is 11.7. The average molecular weight is 450 g/mol. The Morgan fingerprint density at radius 2 is 1.76 bits per heavy atom.